The number of halogens is 6. The molecule has 0 saturated carbocycles. The van der Waals surface area contributed by atoms with E-state index in [2.05, 4.69) is 113 Å². The fraction of sp³-hybridized carbons (Fsp3) is 0.0792. The van der Waals surface area contributed by atoms with E-state index in [1.165, 1.54) is 54.1 Å². The van der Waals surface area contributed by atoms with Crippen molar-refractivity contribution >= 4 is 168 Å². The van der Waals surface area contributed by atoms with Gasteiger partial charge in [-0.15, -0.1) is 0 Å². The number of rotatable bonds is 23. The topological polar surface area (TPSA) is 295 Å². The van der Waals surface area contributed by atoms with Crippen LogP contribution in [0.5, 0.6) is 5.75 Å². The Morgan fingerprint density at radius 3 is 0.629 bits per heavy atom. The number of pyridine rings is 3. The van der Waals surface area contributed by atoms with Gasteiger partial charge < -0.3 is 4.74 Å². The van der Waals surface area contributed by atoms with Gasteiger partial charge in [-0.3, -0.25) is 40.5 Å². The van der Waals surface area contributed by atoms with E-state index < -0.39 is 19.7 Å². The van der Waals surface area contributed by atoms with Crippen molar-refractivity contribution in [2.75, 3.05) is 7.11 Å². The zero-order valence-electron chi connectivity index (χ0n) is 71.7. The number of nitro benzene ring substituents is 4. The molecule has 132 heavy (non-hydrogen) atoms. The van der Waals surface area contributed by atoms with Crippen LogP contribution in [0.15, 0.2) is 376 Å². The quantitative estimate of drug-likeness (QED) is 0.0250. The Hall–Kier alpha value is -12.4. The molecule has 0 bridgehead atoms. The Bertz CT molecular complexity index is 6200. The molecule has 12 aromatic carbocycles. The normalized spacial score (nSPS) is 11.5. The maximum absolute atomic E-state index is 11.3. The first-order valence-electron chi connectivity index (χ1n) is 39.9. The average Bonchev–Trinajstić information content (AvgIpc) is 0.801. The van der Waals surface area contributed by atoms with Crippen molar-refractivity contribution in [2.45, 2.75) is 48.5 Å². The van der Waals surface area contributed by atoms with Gasteiger partial charge in [-0.25, -0.2) is 44.9 Å². The number of nitrogens with zero attached hydrogens (tertiary/aromatic N) is 13. The second kappa shape index (κ2) is 52.0. The fourth-order valence-corrected chi connectivity index (χ4v) is 13.3. The van der Waals surface area contributed by atoms with Crippen LogP contribution >= 0.6 is 76.6 Å². The van der Waals surface area contributed by atoms with Gasteiger partial charge in [0.25, 0.3) is 22.7 Å². The summed E-state index contributed by atoms with van der Waals surface area (Å²) in [7, 11) is 11.2. The molecule has 3 heterocycles. The van der Waals surface area contributed by atoms with E-state index in [0.717, 1.165) is 107 Å². The molecule has 0 unspecified atom stereocenters. The van der Waals surface area contributed by atoms with Crippen LogP contribution in [0.2, 0.25) is 0 Å². The second-order valence-corrected chi connectivity index (χ2v) is 41.7. The molecule has 0 atom stereocenters. The monoisotopic (exact) mass is 2170 g/mol. The molecule has 3 aromatic heterocycles. The third-order valence-electron chi connectivity index (χ3n) is 19.7. The van der Waals surface area contributed by atoms with E-state index in [0.29, 0.717) is 90.6 Å². The van der Waals surface area contributed by atoms with Gasteiger partial charge in [0.15, 0.2) is 0 Å². The van der Waals surface area contributed by atoms with Crippen LogP contribution in [0.4, 0.5) is 56.9 Å². The van der Waals surface area contributed by atoms with Gasteiger partial charge in [-0.2, -0.15) is 0 Å². The average molecular weight is 2180 g/mol. The molecule has 0 amide bonds. The first-order valence-corrected chi connectivity index (χ1v) is 53.9. The van der Waals surface area contributed by atoms with E-state index in [1.54, 1.807) is 59.1 Å². The minimum atomic E-state index is -0.430. The molecule has 0 spiro atoms. The molecule has 15 rings (SSSR count). The number of aromatic nitrogens is 3. The second-order valence-electron chi connectivity index (χ2n) is 28.7. The number of methoxy groups -OCH3 is 1. The van der Waals surface area contributed by atoms with Gasteiger partial charge in [0.2, 0.25) is 0 Å². The summed E-state index contributed by atoms with van der Waals surface area (Å²) in [6.45, 7) is 13.4. The molecule has 22 nitrogen and oxygen atoms in total. The summed E-state index contributed by atoms with van der Waals surface area (Å²) in [5.74, 6) is 0.808. The van der Waals surface area contributed by atoms with Gasteiger partial charge >= 0.3 is 112 Å². The van der Waals surface area contributed by atoms with Gasteiger partial charge in [-0.05, 0) is 167 Å². The molecule has 0 N–H and O–H groups in total. The molecular formula is C101H81Br4Cl2Fe3N13O9. The van der Waals surface area contributed by atoms with E-state index in [1.807, 2.05) is 237 Å². The third-order valence-corrected chi connectivity index (χ3v) is 19.7. The van der Waals surface area contributed by atoms with E-state index >= 15 is 0 Å². The number of aryl methyl sites for hydroxylation is 7. The number of ether oxygens (including phenoxy) is 1. The Morgan fingerprint density at radius 1 is 0.273 bits per heavy atom. The third kappa shape index (κ3) is 29.3. The maximum atomic E-state index is 11.3. The predicted octanol–water partition coefficient (Wildman–Crippen LogP) is 28.8. The Labute approximate surface area is 819 Å². The van der Waals surface area contributed by atoms with E-state index in [9.17, 15) is 40.5 Å². The molecule has 0 saturated heterocycles. The van der Waals surface area contributed by atoms with Gasteiger partial charge in [-0.1, -0.05) is 218 Å². The van der Waals surface area contributed by atoms with Crippen molar-refractivity contribution in [1.29, 1.82) is 0 Å². The summed E-state index contributed by atoms with van der Waals surface area (Å²) in [6, 6.07) is 106. The molecule has 0 aliphatic carbocycles. The first kappa shape index (κ1) is 102. The number of benzene rings is 12. The van der Waals surface area contributed by atoms with Gasteiger partial charge in [0.1, 0.15) is 5.75 Å². The minimum absolute atomic E-state index is 0.00177. The molecular weight excluding hydrogens is 2100 g/mol. The molecule has 31 heteroatoms. The molecule has 15 aromatic rings. The van der Waals surface area contributed by atoms with Crippen molar-refractivity contribution in [3.8, 4) is 5.75 Å². The van der Waals surface area contributed by atoms with Crippen molar-refractivity contribution in [1.82, 2.24) is 15.0 Å². The van der Waals surface area contributed by atoms with Crippen molar-refractivity contribution < 1.29 is 60.2 Å². The van der Waals surface area contributed by atoms with Crippen molar-refractivity contribution in [3.63, 3.8) is 0 Å². The van der Waals surface area contributed by atoms with Crippen molar-refractivity contribution in [2.24, 2.45) is 30.0 Å². The number of hydrogen-bond acceptors (Lipinski definition) is 18. The zero-order valence-corrected chi connectivity index (χ0v) is 82.9. The van der Waals surface area contributed by atoms with Crippen LogP contribution in [-0.4, -0.2) is 76.0 Å². The van der Waals surface area contributed by atoms with Gasteiger partial charge in [0, 0.05) is 81.9 Å². The molecule has 0 fully saturated rings. The summed E-state index contributed by atoms with van der Waals surface area (Å²) < 4.78 is 5.40. The Balaban J connectivity index is 0.000000196. The summed E-state index contributed by atoms with van der Waals surface area (Å²) >= 11 is 14.2. The summed E-state index contributed by atoms with van der Waals surface area (Å²) in [5.41, 5.74) is 23.3. The number of non-ortho nitro benzene ring substituents is 4. The Morgan fingerprint density at radius 2 is 0.455 bits per heavy atom. The number of aliphatic imine (C=N–C) groups is 6. The van der Waals surface area contributed by atoms with Gasteiger partial charge in [0.05, 0.1) is 129 Å². The first-order chi connectivity index (χ1) is 63.8. The SMILES string of the molecule is COc1ccc(N=C(c2ccccc2)c2cccc(C(=Nc3ccc(C)cc3C)c3ccccc3)n2)c(C)c1.Cc1cc([N+](=O)[O-])ccc1N=C(c1ccccc1)c1cccc(C(=Nc2ccc([N+](=O)[O-])cc2C)c2ccccc2)n1.Cc1cc([N+](=O)[O-])ccc1N=C(c1ccccc1)c1cccc(C(=Nc2ccc([N+](=O)[O-])cc2C)c2ccccc2)n1.[Br][Fe][Br].[Br][Fe][Br].[Cl][Fe][Cl]. The summed E-state index contributed by atoms with van der Waals surface area (Å²) in [4.78, 5) is 88.4. The van der Waals surface area contributed by atoms with Crippen LogP contribution in [0.3, 0.4) is 0 Å². The van der Waals surface area contributed by atoms with Crippen LogP contribution in [0.25, 0.3) is 0 Å². The molecule has 0 aliphatic rings. The number of nitro groups is 4. The van der Waals surface area contributed by atoms with E-state index in [4.69, 9.17) is 69.8 Å². The van der Waals surface area contributed by atoms with Crippen LogP contribution < -0.4 is 4.74 Å². The summed E-state index contributed by atoms with van der Waals surface area (Å²) in [6.07, 6.45) is 0. The predicted molar refractivity (Wildman–Crippen MR) is 536 cm³/mol. The fourth-order valence-electron chi connectivity index (χ4n) is 13.3. The molecule has 0 aliphatic heterocycles. The standard InChI is InChI=1S/C35H31N3O.2C33H25N5O4.4BrH.2ClH.3Fe/c1-24-18-20-30(25(2)22-24)37-34(27-12-7-5-8-13-27)32-16-11-17-33(36-32)35(28-14-9-6-10-15-28)38-31-21-19-29(39-4)23-26(31)3;2*1-22-20-26(37(39)40)16-18-28(22)35-32(24-10-5-3-6-11-24)30-14-9-15-31(34-30)33(25-12-7-4-8-13-25)36-29-19-17-27(38(41)42)21-23(29)2;;;;;;;;;/h5-23H,1-4H3;2*3-21H,1-2H3;6*1H;;;/q;;;;;;;;;3*+2/p-6. The van der Waals surface area contributed by atoms with Crippen LogP contribution in [0.1, 0.15) is 106 Å². The molecule has 0 radical (unpaired) electrons. The number of hydrogen-bond donors (Lipinski definition) is 0. The summed E-state index contributed by atoms with van der Waals surface area (Å²) in [5, 5.41) is 45.1. The van der Waals surface area contributed by atoms with Crippen LogP contribution in [0, 0.1) is 88.9 Å². The van der Waals surface area contributed by atoms with Crippen molar-refractivity contribution in [3.05, 3.63) is 493 Å². The van der Waals surface area contributed by atoms with E-state index in [-0.39, 0.29) is 35.9 Å². The van der Waals surface area contributed by atoms with Crippen LogP contribution in [-0.2, 0) is 35.8 Å². The Kier molecular flexibility index (Phi) is 40.0. The molecule has 670 valence electrons. The zero-order chi connectivity index (χ0) is 94.6.